The van der Waals surface area contributed by atoms with Crippen molar-refractivity contribution in [2.75, 3.05) is 6.54 Å². The molecule has 1 aromatic carbocycles. The van der Waals surface area contributed by atoms with Crippen molar-refractivity contribution in [2.45, 2.75) is 38.9 Å². The molecule has 3 heterocycles. The minimum atomic E-state index is -0.399. The molecular formula is C21H23N5O2. The van der Waals surface area contributed by atoms with E-state index in [9.17, 15) is 9.90 Å². The molecule has 1 N–H and O–H groups in total. The largest absolute Gasteiger partial charge is 0.493 e. The quantitative estimate of drug-likeness (QED) is 0.676. The number of hydrogen-bond donors (Lipinski definition) is 1. The van der Waals surface area contributed by atoms with Crippen LogP contribution in [0.1, 0.15) is 37.8 Å². The van der Waals surface area contributed by atoms with E-state index in [0.717, 1.165) is 30.3 Å². The first kappa shape index (κ1) is 18.3. The number of nitrogens with zero attached hydrogens (tertiary/aromatic N) is 5. The fraction of sp³-hybridized carbons (Fsp3) is 0.333. The number of aromatic hydroxyl groups is 1. The Hall–Kier alpha value is -3.06. The van der Waals surface area contributed by atoms with Gasteiger partial charge in [-0.3, -0.25) is 19.2 Å². The maximum Gasteiger partial charge on any atom is 0.261 e. The number of fused-ring (bicyclic) bond motifs is 1. The maximum atomic E-state index is 11.2. The smallest absolute Gasteiger partial charge is 0.261 e. The standard InChI is InChI=1S/C21H23N5O2/c1-15(27)23-24-20-17-8-2-3-10-19(17)26(21(20)28)14-25-12-5-4-9-18(25)16-7-6-11-22-13-16/h2-3,6-8,10-11,13,18,28H,4-5,9,12,14H2,1H3/t18-/m1/s1. The lowest BCUT2D eigenvalue weighted by Gasteiger charge is -2.36. The number of hydrogen-bond acceptors (Lipinski definition) is 5. The first-order chi connectivity index (χ1) is 13.6. The van der Waals surface area contributed by atoms with Gasteiger partial charge in [0.15, 0.2) is 5.69 Å². The lowest BCUT2D eigenvalue weighted by molar-refractivity contribution is -0.116. The summed E-state index contributed by atoms with van der Waals surface area (Å²) in [7, 11) is 0. The molecular weight excluding hydrogens is 354 g/mol. The van der Waals surface area contributed by atoms with Crippen LogP contribution in [0, 0.1) is 0 Å². The van der Waals surface area contributed by atoms with Crippen molar-refractivity contribution in [3.63, 3.8) is 0 Å². The van der Waals surface area contributed by atoms with Gasteiger partial charge in [-0.2, -0.15) is 0 Å². The van der Waals surface area contributed by atoms with E-state index < -0.39 is 5.91 Å². The molecule has 144 valence electrons. The second-order valence-electron chi connectivity index (χ2n) is 7.09. The van der Waals surface area contributed by atoms with E-state index in [-0.39, 0.29) is 11.9 Å². The van der Waals surface area contributed by atoms with Crippen LogP contribution in [0.15, 0.2) is 59.0 Å². The Balaban J connectivity index is 1.72. The van der Waals surface area contributed by atoms with Gasteiger partial charge in [0.2, 0.25) is 5.88 Å². The summed E-state index contributed by atoms with van der Waals surface area (Å²) in [6.45, 7) is 2.81. The lowest BCUT2D eigenvalue weighted by atomic mass is 9.97. The summed E-state index contributed by atoms with van der Waals surface area (Å²) in [5, 5.41) is 19.3. The zero-order valence-corrected chi connectivity index (χ0v) is 15.8. The highest BCUT2D eigenvalue weighted by Crippen LogP contribution is 2.40. The molecule has 0 bridgehead atoms. The predicted octanol–water partition coefficient (Wildman–Crippen LogP) is 4.56. The third kappa shape index (κ3) is 3.53. The minimum absolute atomic E-state index is 0.0294. The molecule has 7 nitrogen and oxygen atoms in total. The summed E-state index contributed by atoms with van der Waals surface area (Å²) in [6, 6.07) is 12.0. The normalized spacial score (nSPS) is 18.1. The van der Waals surface area contributed by atoms with Gasteiger partial charge in [0.25, 0.3) is 5.91 Å². The third-order valence-electron chi connectivity index (χ3n) is 5.21. The number of likely N-dealkylation sites (tertiary alicyclic amines) is 1. The van der Waals surface area contributed by atoms with Gasteiger partial charge in [-0.05, 0) is 30.5 Å². The van der Waals surface area contributed by atoms with Gasteiger partial charge in [-0.25, -0.2) is 0 Å². The number of benzene rings is 1. The molecule has 0 unspecified atom stereocenters. The number of piperidine rings is 1. The highest BCUT2D eigenvalue weighted by atomic mass is 16.3. The van der Waals surface area contributed by atoms with E-state index in [1.807, 2.05) is 41.1 Å². The molecule has 0 spiro atoms. The van der Waals surface area contributed by atoms with Crippen molar-refractivity contribution in [3.05, 3.63) is 54.4 Å². The number of carbonyl (C=O) groups is 1. The van der Waals surface area contributed by atoms with Crippen LogP contribution in [-0.4, -0.2) is 32.0 Å². The number of azo groups is 1. The monoisotopic (exact) mass is 377 g/mol. The zero-order valence-electron chi connectivity index (χ0n) is 15.8. The van der Waals surface area contributed by atoms with Crippen molar-refractivity contribution in [1.29, 1.82) is 0 Å². The van der Waals surface area contributed by atoms with Crippen molar-refractivity contribution >= 4 is 22.5 Å². The predicted molar refractivity (Wildman–Crippen MR) is 106 cm³/mol. The van der Waals surface area contributed by atoms with Crippen LogP contribution in [0.4, 0.5) is 5.69 Å². The van der Waals surface area contributed by atoms with Crippen LogP contribution >= 0.6 is 0 Å². The minimum Gasteiger partial charge on any atom is -0.493 e. The Kier molecular flexibility index (Phi) is 5.16. The van der Waals surface area contributed by atoms with Crippen LogP contribution in [0.5, 0.6) is 5.88 Å². The van der Waals surface area contributed by atoms with Gasteiger partial charge < -0.3 is 5.11 Å². The van der Waals surface area contributed by atoms with E-state index in [1.165, 1.54) is 18.9 Å². The van der Waals surface area contributed by atoms with E-state index in [2.05, 4.69) is 26.2 Å². The van der Waals surface area contributed by atoms with Crippen molar-refractivity contribution in [3.8, 4) is 5.88 Å². The van der Waals surface area contributed by atoms with E-state index in [1.54, 1.807) is 6.20 Å². The summed E-state index contributed by atoms with van der Waals surface area (Å²) in [6.07, 6.45) is 7.06. The lowest BCUT2D eigenvalue weighted by Crippen LogP contribution is -2.34. The van der Waals surface area contributed by atoms with E-state index in [4.69, 9.17) is 0 Å². The van der Waals surface area contributed by atoms with Gasteiger partial charge in [-0.1, -0.05) is 30.7 Å². The summed E-state index contributed by atoms with van der Waals surface area (Å²) >= 11 is 0. The first-order valence-corrected chi connectivity index (χ1v) is 9.51. The summed E-state index contributed by atoms with van der Waals surface area (Å²) in [5.74, 6) is -0.370. The third-order valence-corrected chi connectivity index (χ3v) is 5.21. The van der Waals surface area contributed by atoms with Gasteiger partial charge in [0.05, 0.1) is 12.2 Å². The molecule has 1 amide bonds. The maximum absolute atomic E-state index is 11.2. The highest BCUT2D eigenvalue weighted by molar-refractivity contribution is 5.95. The van der Waals surface area contributed by atoms with Crippen LogP contribution in [-0.2, 0) is 11.5 Å². The number of rotatable bonds is 4. The molecule has 0 radical (unpaired) electrons. The second kappa shape index (κ2) is 7.90. The number of carbonyl (C=O) groups excluding carboxylic acids is 1. The fourth-order valence-electron chi connectivity index (χ4n) is 3.93. The summed E-state index contributed by atoms with van der Waals surface area (Å²) in [4.78, 5) is 17.9. The second-order valence-corrected chi connectivity index (χ2v) is 7.09. The molecule has 28 heavy (non-hydrogen) atoms. The van der Waals surface area contributed by atoms with E-state index >= 15 is 0 Å². The Labute approximate surface area is 163 Å². The average molecular weight is 377 g/mol. The van der Waals surface area contributed by atoms with Crippen molar-refractivity contribution in [2.24, 2.45) is 10.2 Å². The van der Waals surface area contributed by atoms with Crippen LogP contribution < -0.4 is 0 Å². The van der Waals surface area contributed by atoms with Crippen LogP contribution in [0.2, 0.25) is 0 Å². The summed E-state index contributed by atoms with van der Waals surface area (Å²) < 4.78 is 1.85. The number of amides is 1. The van der Waals surface area contributed by atoms with Crippen LogP contribution in [0.3, 0.4) is 0 Å². The molecule has 1 fully saturated rings. The molecule has 1 aliphatic heterocycles. The molecule has 3 aromatic rings. The van der Waals surface area contributed by atoms with Gasteiger partial charge >= 0.3 is 0 Å². The Bertz CT molecular complexity index is 1010. The SMILES string of the molecule is CC(=O)N=Nc1c(O)n(CN2CCCC[C@@H]2c2cccnc2)c2ccccc12. The summed E-state index contributed by atoms with van der Waals surface area (Å²) in [5.41, 5.74) is 2.39. The van der Waals surface area contributed by atoms with Gasteiger partial charge in [-0.15, -0.1) is 10.2 Å². The number of para-hydroxylation sites is 1. The molecule has 0 aliphatic carbocycles. The van der Waals surface area contributed by atoms with E-state index in [0.29, 0.717) is 12.4 Å². The number of aromatic nitrogens is 2. The molecule has 1 atom stereocenters. The Morgan fingerprint density at radius 2 is 2.11 bits per heavy atom. The zero-order chi connectivity index (χ0) is 19.5. The molecule has 7 heteroatoms. The average Bonchev–Trinajstić information content (AvgIpc) is 2.99. The fourth-order valence-corrected chi connectivity index (χ4v) is 3.93. The topological polar surface area (TPSA) is 83.1 Å². The first-order valence-electron chi connectivity index (χ1n) is 9.51. The molecule has 1 aliphatic rings. The molecule has 0 saturated carbocycles. The Morgan fingerprint density at radius 3 is 2.89 bits per heavy atom. The number of pyridine rings is 1. The molecule has 2 aromatic heterocycles. The highest BCUT2D eigenvalue weighted by Gasteiger charge is 2.26. The Morgan fingerprint density at radius 1 is 1.25 bits per heavy atom. The van der Waals surface area contributed by atoms with Crippen LogP contribution in [0.25, 0.3) is 10.9 Å². The molecule has 1 saturated heterocycles. The molecule has 4 rings (SSSR count). The van der Waals surface area contributed by atoms with Crippen molar-refractivity contribution < 1.29 is 9.90 Å². The van der Waals surface area contributed by atoms with Crippen molar-refractivity contribution in [1.82, 2.24) is 14.5 Å². The van der Waals surface area contributed by atoms with Gasteiger partial charge in [0.1, 0.15) is 0 Å². The van der Waals surface area contributed by atoms with Gasteiger partial charge in [0, 0.05) is 37.3 Å².